The Morgan fingerprint density at radius 1 is 0.875 bits per heavy atom. The van der Waals surface area contributed by atoms with Crippen LogP contribution in [0, 0.1) is 6.26 Å². The smallest absolute Gasteiger partial charge is 0.593 e. The van der Waals surface area contributed by atoms with Crippen molar-refractivity contribution in [3.05, 3.63) is 23.7 Å². The summed E-state index contributed by atoms with van der Waals surface area (Å²) < 4.78 is 18.1. The second-order valence-corrected chi connectivity index (χ2v) is 19.0. The molecule has 1 heterocycles. The summed E-state index contributed by atoms with van der Waals surface area (Å²) in [6.07, 6.45) is 2.84. The molecule has 0 N–H and O–H groups in total. The molecule has 134 valence electrons. The number of hydrogen-bond acceptors (Lipinski definition) is 3. The fraction of sp³-hybridized carbons (Fsp3) is 0.778. The predicted octanol–water partition coefficient (Wildman–Crippen LogP) is 3.13. The first-order chi connectivity index (χ1) is 10.2. The van der Waals surface area contributed by atoms with Gasteiger partial charge in [0.05, 0.1) is 0 Å². The van der Waals surface area contributed by atoms with Crippen LogP contribution in [0.5, 0.6) is 0 Å². The summed E-state index contributed by atoms with van der Waals surface area (Å²) in [7, 11) is -3.54. The Labute approximate surface area is 163 Å². The Morgan fingerprint density at radius 3 is 1.71 bits per heavy atom. The van der Waals surface area contributed by atoms with Gasteiger partial charge in [0, 0.05) is 13.2 Å². The molecule has 0 saturated carbocycles. The Balaban J connectivity index is 0.00000529. The van der Waals surface area contributed by atoms with Gasteiger partial charge in [-0.2, -0.15) is 0 Å². The molecule has 0 bridgehead atoms. The average Bonchev–Trinajstić information content (AvgIpc) is 2.78. The first-order valence-corrected chi connectivity index (χ1v) is 14.2. The molecule has 0 atom stereocenters. The molecule has 0 aromatic carbocycles. The molecule has 3 nitrogen and oxygen atoms in total. The van der Waals surface area contributed by atoms with Gasteiger partial charge in [0.1, 0.15) is 0 Å². The minimum absolute atomic E-state index is 0. The van der Waals surface area contributed by atoms with Gasteiger partial charge >= 0.3 is 18.9 Å². The van der Waals surface area contributed by atoms with Gasteiger partial charge in [-0.3, -0.25) is 0 Å². The normalized spacial score (nSPS) is 13.8. The van der Waals surface area contributed by atoms with E-state index in [4.69, 9.17) is 13.3 Å². The minimum Gasteiger partial charge on any atom is -0.593 e. The Hall–Kier alpha value is 0.231. The van der Waals surface area contributed by atoms with Crippen LogP contribution in [0.1, 0.15) is 52.9 Å². The fourth-order valence-electron chi connectivity index (χ4n) is 1.50. The van der Waals surface area contributed by atoms with Gasteiger partial charge in [-0.05, 0) is 48.3 Å². The zero-order valence-corrected chi connectivity index (χ0v) is 19.7. The Bertz CT molecular complexity index is 467. The second kappa shape index (κ2) is 8.28. The number of rotatable bonds is 6. The van der Waals surface area contributed by atoms with Gasteiger partial charge in [0.2, 0.25) is 0 Å². The quantitative estimate of drug-likeness (QED) is 0.575. The van der Waals surface area contributed by atoms with Crippen LogP contribution in [0.3, 0.4) is 0 Å². The van der Waals surface area contributed by atoms with Crippen molar-refractivity contribution >= 4 is 16.6 Å². The molecule has 0 spiro atoms. The van der Waals surface area contributed by atoms with E-state index in [1.165, 1.54) is 0 Å². The van der Waals surface area contributed by atoms with Gasteiger partial charge < -0.3 is 13.3 Å². The van der Waals surface area contributed by atoms with E-state index in [0.717, 1.165) is 11.3 Å². The third kappa shape index (κ3) is 6.19. The Kier molecular flexibility index (Phi) is 8.36. The van der Waals surface area contributed by atoms with Crippen LogP contribution >= 0.6 is 0 Å². The molecular weight excluding hydrogens is 327 g/mol. The number of furan rings is 1. The van der Waals surface area contributed by atoms with E-state index >= 15 is 0 Å². The average molecular weight is 363 g/mol. The van der Waals surface area contributed by atoms with Crippen molar-refractivity contribution < 1.29 is 32.1 Å². The van der Waals surface area contributed by atoms with Gasteiger partial charge in [-0.15, -0.1) is 11.6 Å². The zero-order valence-electron chi connectivity index (χ0n) is 17.7. The molecule has 1 aromatic rings. The second-order valence-electron chi connectivity index (χ2n) is 9.41. The van der Waals surface area contributed by atoms with Crippen molar-refractivity contribution in [1.82, 2.24) is 0 Å². The van der Waals surface area contributed by atoms with Gasteiger partial charge in [-0.1, -0.05) is 41.5 Å². The summed E-state index contributed by atoms with van der Waals surface area (Å²) in [6.45, 7) is 23.6. The SMILES string of the molecule is CC(C)(C)[Si](C)(C)OCc1c[c-]oc1CO[Si](C)(C)C(C)(C)C.[Li+]. The van der Waals surface area contributed by atoms with E-state index in [0.29, 0.717) is 13.2 Å². The number of hydrogen-bond donors (Lipinski definition) is 0. The summed E-state index contributed by atoms with van der Waals surface area (Å²) in [4.78, 5) is 0. The molecule has 0 aliphatic carbocycles. The first kappa shape index (κ1) is 24.2. The third-order valence-electron chi connectivity index (χ3n) is 5.54. The first-order valence-electron chi connectivity index (χ1n) is 8.43. The van der Waals surface area contributed by atoms with E-state index in [1.54, 1.807) is 0 Å². The van der Waals surface area contributed by atoms with E-state index in [2.05, 4.69) is 74.0 Å². The van der Waals surface area contributed by atoms with Crippen molar-refractivity contribution in [2.75, 3.05) is 0 Å². The summed E-state index contributed by atoms with van der Waals surface area (Å²) in [5, 5.41) is 0.402. The minimum atomic E-state index is -1.78. The molecule has 0 amide bonds. The molecule has 6 heteroatoms. The molecule has 0 fully saturated rings. The summed E-state index contributed by atoms with van der Waals surface area (Å²) >= 11 is 0. The van der Waals surface area contributed by atoms with Gasteiger partial charge in [-0.25, -0.2) is 0 Å². The van der Waals surface area contributed by atoms with Crippen molar-refractivity contribution in [3.63, 3.8) is 0 Å². The maximum Gasteiger partial charge on any atom is 1.00 e. The molecular formula is C18H35LiO3Si2. The maximum absolute atomic E-state index is 6.29. The standard InChI is InChI=1S/C18H35O3Si2.Li/c1-17(2,3)22(7,8)20-13-15-11-12-19-16(15)14-21-23(9,10)18(4,5)6;/h11H,13-14H2,1-10H3;/q-1;+1. The summed E-state index contributed by atoms with van der Waals surface area (Å²) in [6, 6.07) is 1.89. The van der Waals surface area contributed by atoms with Crippen molar-refractivity contribution in [2.45, 2.75) is 91.0 Å². The van der Waals surface area contributed by atoms with Crippen LogP contribution in [0.2, 0.25) is 36.3 Å². The van der Waals surface area contributed by atoms with Crippen LogP contribution in [0.15, 0.2) is 10.5 Å². The fourth-order valence-corrected chi connectivity index (χ4v) is 3.37. The monoisotopic (exact) mass is 362 g/mol. The van der Waals surface area contributed by atoms with Crippen LogP contribution in [-0.4, -0.2) is 16.6 Å². The summed E-state index contributed by atoms with van der Waals surface area (Å²) in [5.74, 6) is 0.855. The van der Waals surface area contributed by atoms with Crippen LogP contribution in [-0.2, 0) is 22.1 Å². The van der Waals surface area contributed by atoms with Crippen molar-refractivity contribution in [3.8, 4) is 0 Å². The van der Waals surface area contributed by atoms with E-state index in [9.17, 15) is 0 Å². The third-order valence-corrected chi connectivity index (χ3v) is 14.5. The Morgan fingerprint density at radius 2 is 1.29 bits per heavy atom. The van der Waals surface area contributed by atoms with Gasteiger partial charge in [0.25, 0.3) is 0 Å². The van der Waals surface area contributed by atoms with E-state index < -0.39 is 16.6 Å². The molecule has 0 aliphatic heterocycles. The van der Waals surface area contributed by atoms with E-state index in [-0.39, 0.29) is 28.9 Å². The molecule has 24 heavy (non-hydrogen) atoms. The molecule has 0 radical (unpaired) electrons. The molecule has 1 aromatic heterocycles. The summed E-state index contributed by atoms with van der Waals surface area (Å²) in [5.41, 5.74) is 1.06. The van der Waals surface area contributed by atoms with Crippen LogP contribution in [0.25, 0.3) is 0 Å². The van der Waals surface area contributed by atoms with E-state index in [1.807, 2.05) is 6.07 Å². The van der Waals surface area contributed by atoms with Crippen molar-refractivity contribution in [1.29, 1.82) is 0 Å². The predicted molar refractivity (Wildman–Crippen MR) is 102 cm³/mol. The topological polar surface area (TPSA) is 31.6 Å². The maximum atomic E-state index is 6.29. The van der Waals surface area contributed by atoms with Gasteiger partial charge in [0.15, 0.2) is 16.6 Å². The van der Waals surface area contributed by atoms with Crippen LogP contribution in [0.4, 0.5) is 0 Å². The van der Waals surface area contributed by atoms with Crippen LogP contribution < -0.4 is 18.9 Å². The molecule has 0 unspecified atom stereocenters. The molecule has 0 aliphatic rings. The zero-order chi connectivity index (χ0) is 18.1. The van der Waals surface area contributed by atoms with Crippen molar-refractivity contribution in [2.24, 2.45) is 0 Å². The molecule has 0 saturated heterocycles. The molecule has 1 rings (SSSR count). The largest absolute Gasteiger partial charge is 1.00 e.